The van der Waals surface area contributed by atoms with E-state index in [-0.39, 0.29) is 11.9 Å². The lowest BCUT2D eigenvalue weighted by molar-refractivity contribution is -0.126. The first kappa shape index (κ1) is 13.6. The molecule has 20 heavy (non-hydrogen) atoms. The Kier molecular flexibility index (Phi) is 3.54. The van der Waals surface area contributed by atoms with Crippen LogP contribution in [0.4, 0.5) is 5.69 Å². The molecule has 1 saturated heterocycles. The molecule has 0 saturated carbocycles. The number of thiophene rings is 1. The number of hydrogen-bond acceptors (Lipinski definition) is 4. The molecule has 3 rings (SSSR count). The molecule has 0 spiro atoms. The van der Waals surface area contributed by atoms with Crippen molar-refractivity contribution < 1.29 is 9.53 Å². The van der Waals surface area contributed by atoms with Crippen molar-refractivity contribution in [1.82, 2.24) is 0 Å². The number of methoxy groups -OCH3 is 1. The van der Waals surface area contributed by atoms with Crippen molar-refractivity contribution in [3.8, 4) is 5.75 Å². The fraction of sp³-hybridized carbons (Fsp3) is 0.214. The van der Waals surface area contributed by atoms with Gasteiger partial charge in [0.2, 0.25) is 5.91 Å². The Bertz CT molecular complexity index is 641. The van der Waals surface area contributed by atoms with Gasteiger partial charge in [-0.1, -0.05) is 0 Å². The average molecular weight is 353 g/mol. The standard InChI is InChI=1S/C14H13BrN2O2S/c1-19-9-4-2-8(3-5-9)17-13(12(16)14(17)18)10-6-7-11(15)20-10/h2-7,12-13H,16H2,1H3/t12-,13+/m0/s1. The molecule has 1 aromatic carbocycles. The van der Waals surface area contributed by atoms with Crippen LogP contribution in [0.15, 0.2) is 40.2 Å². The van der Waals surface area contributed by atoms with E-state index < -0.39 is 6.04 Å². The lowest BCUT2D eigenvalue weighted by Crippen LogP contribution is -2.63. The van der Waals surface area contributed by atoms with Crippen LogP contribution in [-0.2, 0) is 4.79 Å². The fourth-order valence-corrected chi connectivity index (χ4v) is 3.90. The van der Waals surface area contributed by atoms with E-state index in [1.165, 1.54) is 0 Å². The number of anilines is 1. The molecule has 0 bridgehead atoms. The highest BCUT2D eigenvalue weighted by Crippen LogP contribution is 2.41. The highest BCUT2D eigenvalue weighted by Gasteiger charge is 2.47. The second-order valence-corrected chi connectivity index (χ2v) is 7.01. The fourth-order valence-electron chi connectivity index (χ4n) is 2.33. The molecular formula is C14H13BrN2O2S. The first-order valence-corrected chi connectivity index (χ1v) is 7.70. The zero-order valence-electron chi connectivity index (χ0n) is 10.7. The summed E-state index contributed by atoms with van der Waals surface area (Å²) in [5, 5.41) is 0. The van der Waals surface area contributed by atoms with Crippen LogP contribution in [0.5, 0.6) is 5.75 Å². The Labute approximate surface area is 129 Å². The predicted octanol–water partition coefficient (Wildman–Crippen LogP) is 2.93. The topological polar surface area (TPSA) is 55.6 Å². The Balaban J connectivity index is 1.92. The van der Waals surface area contributed by atoms with Crippen LogP contribution >= 0.6 is 27.3 Å². The molecule has 1 aliphatic rings. The zero-order valence-corrected chi connectivity index (χ0v) is 13.1. The number of carbonyl (C=O) groups is 1. The van der Waals surface area contributed by atoms with Gasteiger partial charge in [-0.3, -0.25) is 4.79 Å². The summed E-state index contributed by atoms with van der Waals surface area (Å²) in [5.41, 5.74) is 6.81. The predicted molar refractivity (Wildman–Crippen MR) is 83.2 cm³/mol. The van der Waals surface area contributed by atoms with Gasteiger partial charge in [-0.15, -0.1) is 11.3 Å². The number of carbonyl (C=O) groups excluding carboxylic acids is 1. The van der Waals surface area contributed by atoms with E-state index in [1.807, 2.05) is 36.4 Å². The lowest BCUT2D eigenvalue weighted by atomic mass is 9.93. The number of nitrogens with zero attached hydrogens (tertiary/aromatic N) is 1. The van der Waals surface area contributed by atoms with Crippen molar-refractivity contribution in [1.29, 1.82) is 0 Å². The van der Waals surface area contributed by atoms with Crippen LogP contribution in [0.1, 0.15) is 10.9 Å². The van der Waals surface area contributed by atoms with Crippen molar-refractivity contribution in [2.45, 2.75) is 12.1 Å². The minimum atomic E-state index is -0.470. The SMILES string of the molecule is COc1ccc(N2C(=O)[C@@H](N)[C@H]2c2ccc(Br)s2)cc1. The van der Waals surface area contributed by atoms with E-state index in [2.05, 4.69) is 15.9 Å². The number of rotatable bonds is 3. The van der Waals surface area contributed by atoms with Gasteiger partial charge in [-0.25, -0.2) is 0 Å². The van der Waals surface area contributed by atoms with E-state index in [1.54, 1.807) is 23.3 Å². The molecule has 1 amide bonds. The van der Waals surface area contributed by atoms with Crippen LogP contribution < -0.4 is 15.4 Å². The average Bonchev–Trinajstić information content (AvgIpc) is 2.89. The largest absolute Gasteiger partial charge is 0.497 e. The van der Waals surface area contributed by atoms with Crippen LogP contribution in [0.25, 0.3) is 0 Å². The number of amides is 1. The third kappa shape index (κ3) is 2.13. The van der Waals surface area contributed by atoms with Gasteiger partial charge in [0.05, 0.1) is 16.9 Å². The summed E-state index contributed by atoms with van der Waals surface area (Å²) < 4.78 is 6.17. The summed E-state index contributed by atoms with van der Waals surface area (Å²) in [6.45, 7) is 0. The molecule has 2 N–H and O–H groups in total. The second-order valence-electron chi connectivity index (χ2n) is 4.52. The number of β-lactam (4-membered cyclic amide) rings is 1. The number of hydrogen-bond donors (Lipinski definition) is 1. The van der Waals surface area contributed by atoms with Crippen molar-refractivity contribution in [2.24, 2.45) is 5.73 Å². The Morgan fingerprint density at radius 1 is 1.25 bits per heavy atom. The molecule has 4 nitrogen and oxygen atoms in total. The molecule has 6 heteroatoms. The number of ether oxygens (including phenoxy) is 1. The molecule has 1 aliphatic heterocycles. The highest BCUT2D eigenvalue weighted by molar-refractivity contribution is 9.11. The maximum absolute atomic E-state index is 12.1. The van der Waals surface area contributed by atoms with Gasteiger partial charge in [-0.05, 0) is 52.3 Å². The van der Waals surface area contributed by atoms with Gasteiger partial charge in [-0.2, -0.15) is 0 Å². The first-order chi connectivity index (χ1) is 9.61. The maximum Gasteiger partial charge on any atom is 0.247 e. The number of benzene rings is 1. The molecule has 0 unspecified atom stereocenters. The van der Waals surface area contributed by atoms with Crippen LogP contribution in [0.2, 0.25) is 0 Å². The van der Waals surface area contributed by atoms with E-state index in [9.17, 15) is 4.79 Å². The highest BCUT2D eigenvalue weighted by atomic mass is 79.9. The molecule has 2 atom stereocenters. The molecule has 1 aromatic heterocycles. The summed E-state index contributed by atoms with van der Waals surface area (Å²) >= 11 is 5.04. The minimum absolute atomic E-state index is 0.0512. The van der Waals surface area contributed by atoms with Gasteiger partial charge in [0.1, 0.15) is 11.8 Å². The number of halogens is 1. The van der Waals surface area contributed by atoms with Crippen LogP contribution in [0, 0.1) is 0 Å². The Hall–Kier alpha value is -1.37. The van der Waals surface area contributed by atoms with E-state index in [0.717, 1.165) is 20.1 Å². The Morgan fingerprint density at radius 3 is 2.50 bits per heavy atom. The summed E-state index contributed by atoms with van der Waals surface area (Å²) in [5.74, 6) is 0.714. The summed E-state index contributed by atoms with van der Waals surface area (Å²) in [4.78, 5) is 14.9. The lowest BCUT2D eigenvalue weighted by Gasteiger charge is -2.44. The normalized spacial score (nSPS) is 21.8. The maximum atomic E-state index is 12.1. The summed E-state index contributed by atoms with van der Waals surface area (Å²) in [7, 11) is 1.62. The van der Waals surface area contributed by atoms with Gasteiger partial charge >= 0.3 is 0 Å². The summed E-state index contributed by atoms with van der Waals surface area (Å²) in [6.07, 6.45) is 0. The number of nitrogens with two attached hydrogens (primary N) is 1. The third-order valence-electron chi connectivity index (χ3n) is 3.38. The van der Waals surface area contributed by atoms with Crippen molar-refractivity contribution >= 4 is 38.9 Å². The van der Waals surface area contributed by atoms with Crippen molar-refractivity contribution in [2.75, 3.05) is 12.0 Å². The van der Waals surface area contributed by atoms with Gasteiger partial charge < -0.3 is 15.4 Å². The first-order valence-electron chi connectivity index (χ1n) is 6.10. The molecule has 1 fully saturated rings. The quantitative estimate of drug-likeness (QED) is 0.864. The van der Waals surface area contributed by atoms with Crippen molar-refractivity contribution in [3.05, 3.63) is 45.1 Å². The van der Waals surface area contributed by atoms with Gasteiger partial charge in [0.15, 0.2) is 0 Å². The van der Waals surface area contributed by atoms with Crippen LogP contribution in [0.3, 0.4) is 0 Å². The third-order valence-corrected chi connectivity index (χ3v) is 5.07. The monoisotopic (exact) mass is 352 g/mol. The van der Waals surface area contributed by atoms with Crippen molar-refractivity contribution in [3.63, 3.8) is 0 Å². The second kappa shape index (κ2) is 5.20. The Morgan fingerprint density at radius 2 is 1.95 bits per heavy atom. The van der Waals surface area contributed by atoms with Gasteiger partial charge in [0, 0.05) is 10.6 Å². The smallest absolute Gasteiger partial charge is 0.247 e. The zero-order chi connectivity index (χ0) is 14.3. The minimum Gasteiger partial charge on any atom is -0.497 e. The summed E-state index contributed by atoms with van der Waals surface area (Å²) in [6, 6.07) is 10.8. The van der Waals surface area contributed by atoms with Crippen LogP contribution in [-0.4, -0.2) is 19.1 Å². The van der Waals surface area contributed by atoms with E-state index in [4.69, 9.17) is 10.5 Å². The van der Waals surface area contributed by atoms with E-state index in [0.29, 0.717) is 0 Å². The molecule has 2 aromatic rings. The molecule has 0 radical (unpaired) electrons. The molecule has 0 aliphatic carbocycles. The molecular weight excluding hydrogens is 340 g/mol. The molecule has 104 valence electrons. The van der Waals surface area contributed by atoms with E-state index >= 15 is 0 Å². The van der Waals surface area contributed by atoms with Gasteiger partial charge in [0.25, 0.3) is 0 Å². The molecule has 2 heterocycles.